The number of methoxy groups -OCH3 is 2. The van der Waals surface area contributed by atoms with Gasteiger partial charge in [-0.25, -0.2) is 5.43 Å². The third-order valence-corrected chi connectivity index (χ3v) is 3.12. The largest absolute Gasteiger partial charge is 0.504 e. The lowest BCUT2D eigenvalue weighted by molar-refractivity contribution is 0.0954. The second kappa shape index (κ2) is 7.23. The number of hydrogen-bond donors (Lipinski definition) is 4. The van der Waals surface area contributed by atoms with Crippen molar-refractivity contribution in [3.8, 4) is 28.7 Å². The highest BCUT2D eigenvalue weighted by molar-refractivity contribution is 5.95. The molecule has 0 aromatic heterocycles. The molecule has 2 rings (SSSR count). The molecule has 0 aliphatic rings. The van der Waals surface area contributed by atoms with E-state index in [9.17, 15) is 20.1 Å². The van der Waals surface area contributed by atoms with Crippen molar-refractivity contribution in [3.05, 3.63) is 41.5 Å². The number of ether oxygens (including phenoxy) is 2. The maximum Gasteiger partial charge on any atom is 0.271 e. The Bertz CT molecular complexity index is 765. The van der Waals surface area contributed by atoms with Crippen molar-refractivity contribution >= 4 is 12.1 Å². The van der Waals surface area contributed by atoms with E-state index in [0.717, 1.165) is 0 Å². The molecule has 2 aromatic rings. The van der Waals surface area contributed by atoms with Gasteiger partial charge in [0.05, 0.1) is 20.4 Å². The van der Waals surface area contributed by atoms with Crippen LogP contribution in [-0.4, -0.2) is 41.7 Å². The van der Waals surface area contributed by atoms with Gasteiger partial charge in [-0.05, 0) is 30.3 Å². The number of carbonyl (C=O) groups is 1. The molecule has 0 fully saturated rings. The number of rotatable bonds is 5. The molecule has 0 atom stereocenters. The zero-order chi connectivity index (χ0) is 17.7. The molecule has 0 saturated heterocycles. The predicted octanol–water partition coefficient (Wildman–Crippen LogP) is 1.58. The Hall–Kier alpha value is -3.42. The Morgan fingerprint density at radius 2 is 1.67 bits per heavy atom. The van der Waals surface area contributed by atoms with Crippen LogP contribution < -0.4 is 14.9 Å². The van der Waals surface area contributed by atoms with Gasteiger partial charge in [-0.1, -0.05) is 0 Å². The minimum absolute atomic E-state index is 0.287. The Kier molecular flexibility index (Phi) is 5.10. The molecule has 8 nitrogen and oxygen atoms in total. The maximum atomic E-state index is 12.0. The van der Waals surface area contributed by atoms with Gasteiger partial charge in [-0.2, -0.15) is 5.10 Å². The van der Waals surface area contributed by atoms with Gasteiger partial charge in [-0.3, -0.25) is 4.79 Å². The lowest BCUT2D eigenvalue weighted by Gasteiger charge is -2.08. The summed E-state index contributed by atoms with van der Waals surface area (Å²) in [6, 6.07) is 7.00. The van der Waals surface area contributed by atoms with E-state index in [1.807, 2.05) is 0 Å². The number of nitrogens with one attached hydrogen (secondary N) is 1. The van der Waals surface area contributed by atoms with Crippen molar-refractivity contribution in [1.29, 1.82) is 0 Å². The van der Waals surface area contributed by atoms with Crippen LogP contribution in [0.15, 0.2) is 35.4 Å². The number of aromatic hydroxyl groups is 3. The quantitative estimate of drug-likeness (QED) is 0.375. The predicted molar refractivity (Wildman–Crippen MR) is 86.0 cm³/mol. The first-order chi connectivity index (χ1) is 11.5. The summed E-state index contributed by atoms with van der Waals surface area (Å²) in [7, 11) is 2.95. The minimum atomic E-state index is -0.624. The minimum Gasteiger partial charge on any atom is -0.504 e. The second-order valence-corrected chi connectivity index (χ2v) is 4.68. The van der Waals surface area contributed by atoms with Crippen molar-refractivity contribution in [2.24, 2.45) is 5.10 Å². The Morgan fingerprint density at radius 3 is 2.25 bits per heavy atom. The van der Waals surface area contributed by atoms with Crippen LogP contribution in [0.1, 0.15) is 15.9 Å². The number of phenolic OH excluding ortho intramolecular Hbond substituents is 3. The van der Waals surface area contributed by atoms with Gasteiger partial charge in [0.15, 0.2) is 28.7 Å². The Morgan fingerprint density at radius 1 is 1.04 bits per heavy atom. The highest BCUT2D eigenvalue weighted by Crippen LogP contribution is 2.34. The number of phenols is 3. The lowest BCUT2D eigenvalue weighted by Crippen LogP contribution is -2.17. The summed E-state index contributed by atoms with van der Waals surface area (Å²) in [6.45, 7) is 0. The summed E-state index contributed by atoms with van der Waals surface area (Å²) in [4.78, 5) is 12.0. The average molecular weight is 332 g/mol. The van der Waals surface area contributed by atoms with Gasteiger partial charge in [0.25, 0.3) is 5.91 Å². The highest BCUT2D eigenvalue weighted by atomic mass is 16.5. The number of benzene rings is 2. The Labute approximate surface area is 137 Å². The van der Waals surface area contributed by atoms with E-state index < -0.39 is 23.2 Å². The summed E-state index contributed by atoms with van der Waals surface area (Å²) in [5, 5.41) is 31.8. The van der Waals surface area contributed by atoms with E-state index >= 15 is 0 Å². The monoisotopic (exact) mass is 332 g/mol. The molecule has 2 aromatic carbocycles. The molecule has 0 heterocycles. The normalized spacial score (nSPS) is 10.6. The molecule has 4 N–H and O–H groups in total. The van der Waals surface area contributed by atoms with Crippen LogP contribution in [0.4, 0.5) is 0 Å². The van der Waals surface area contributed by atoms with E-state index in [2.05, 4.69) is 10.5 Å². The molecular formula is C16H16N2O6. The first-order valence-corrected chi connectivity index (χ1v) is 6.76. The number of hydrazone groups is 1. The second-order valence-electron chi connectivity index (χ2n) is 4.68. The van der Waals surface area contributed by atoms with E-state index in [0.29, 0.717) is 17.1 Å². The number of amides is 1. The fraction of sp³-hybridized carbons (Fsp3) is 0.125. The molecule has 0 aliphatic carbocycles. The van der Waals surface area contributed by atoms with Crippen molar-refractivity contribution in [2.45, 2.75) is 0 Å². The zero-order valence-corrected chi connectivity index (χ0v) is 13.0. The summed E-state index contributed by atoms with van der Waals surface area (Å²) in [6.07, 6.45) is 1.21. The molecular weight excluding hydrogens is 316 g/mol. The van der Waals surface area contributed by atoms with Gasteiger partial charge in [0, 0.05) is 11.1 Å². The molecule has 24 heavy (non-hydrogen) atoms. The van der Waals surface area contributed by atoms with Crippen LogP contribution in [-0.2, 0) is 0 Å². The van der Waals surface area contributed by atoms with Crippen LogP contribution >= 0.6 is 0 Å². The molecule has 0 radical (unpaired) electrons. The zero-order valence-electron chi connectivity index (χ0n) is 13.0. The van der Waals surface area contributed by atoms with Crippen LogP contribution in [0.5, 0.6) is 28.7 Å². The van der Waals surface area contributed by atoms with E-state index in [1.165, 1.54) is 38.6 Å². The molecule has 0 spiro atoms. The lowest BCUT2D eigenvalue weighted by atomic mass is 10.2. The smallest absolute Gasteiger partial charge is 0.271 e. The number of hydrogen-bond acceptors (Lipinski definition) is 7. The molecule has 0 aliphatic heterocycles. The molecule has 126 valence electrons. The number of carbonyl (C=O) groups excluding carboxylic acids is 1. The van der Waals surface area contributed by atoms with Crippen molar-refractivity contribution in [1.82, 2.24) is 5.43 Å². The van der Waals surface area contributed by atoms with Crippen LogP contribution in [0.2, 0.25) is 0 Å². The average Bonchev–Trinajstić information content (AvgIpc) is 2.58. The first-order valence-electron chi connectivity index (χ1n) is 6.76. The molecule has 0 saturated carbocycles. The van der Waals surface area contributed by atoms with Gasteiger partial charge < -0.3 is 24.8 Å². The van der Waals surface area contributed by atoms with Gasteiger partial charge in [0.2, 0.25) is 0 Å². The SMILES string of the molecule is COc1ccc(C(=O)N/N=C/c2cc(O)c(O)c(O)c2)cc1OC. The third-order valence-electron chi connectivity index (χ3n) is 3.12. The van der Waals surface area contributed by atoms with Gasteiger partial charge >= 0.3 is 0 Å². The van der Waals surface area contributed by atoms with Gasteiger partial charge in [-0.15, -0.1) is 0 Å². The first kappa shape index (κ1) is 16.9. The van der Waals surface area contributed by atoms with E-state index in [1.54, 1.807) is 12.1 Å². The van der Waals surface area contributed by atoms with E-state index in [-0.39, 0.29) is 5.56 Å². The topological polar surface area (TPSA) is 121 Å². The van der Waals surface area contributed by atoms with Crippen molar-refractivity contribution in [3.63, 3.8) is 0 Å². The highest BCUT2D eigenvalue weighted by Gasteiger charge is 2.10. The standard InChI is InChI=1S/C16H16N2O6/c1-23-13-4-3-10(7-14(13)24-2)16(22)18-17-8-9-5-11(19)15(21)12(20)6-9/h3-8,19-21H,1-2H3,(H,18,22)/b17-8+. The fourth-order valence-corrected chi connectivity index (χ4v) is 1.91. The van der Waals surface area contributed by atoms with Crippen LogP contribution in [0.25, 0.3) is 0 Å². The van der Waals surface area contributed by atoms with E-state index in [4.69, 9.17) is 9.47 Å². The maximum absolute atomic E-state index is 12.0. The molecule has 8 heteroatoms. The van der Waals surface area contributed by atoms with Gasteiger partial charge in [0.1, 0.15) is 0 Å². The third kappa shape index (κ3) is 3.67. The summed E-state index contributed by atoms with van der Waals surface area (Å²) in [5.41, 5.74) is 2.89. The fourth-order valence-electron chi connectivity index (χ4n) is 1.91. The number of nitrogens with zero attached hydrogens (tertiary/aromatic N) is 1. The summed E-state index contributed by atoms with van der Waals surface area (Å²) in [5.74, 6) is -1.21. The molecule has 0 unspecified atom stereocenters. The molecule has 1 amide bonds. The van der Waals surface area contributed by atoms with Crippen molar-refractivity contribution in [2.75, 3.05) is 14.2 Å². The van der Waals surface area contributed by atoms with Crippen LogP contribution in [0, 0.1) is 0 Å². The summed E-state index contributed by atoms with van der Waals surface area (Å²) < 4.78 is 10.2. The Balaban J connectivity index is 2.10. The van der Waals surface area contributed by atoms with Crippen molar-refractivity contribution < 1.29 is 29.6 Å². The van der Waals surface area contributed by atoms with Crippen LogP contribution in [0.3, 0.4) is 0 Å². The summed E-state index contributed by atoms with van der Waals surface area (Å²) >= 11 is 0. The molecule has 0 bridgehead atoms.